The van der Waals surface area contributed by atoms with Gasteiger partial charge in [0.15, 0.2) is 0 Å². The molecule has 1 saturated heterocycles. The number of pyridine rings is 1. The maximum Gasteiger partial charge on any atom is 0.119 e. The summed E-state index contributed by atoms with van der Waals surface area (Å²) in [5.41, 5.74) is 13.1. The van der Waals surface area contributed by atoms with Crippen LogP contribution in [0.3, 0.4) is 0 Å². The van der Waals surface area contributed by atoms with Crippen molar-refractivity contribution in [2.24, 2.45) is 5.92 Å². The van der Waals surface area contributed by atoms with Crippen molar-refractivity contribution in [2.75, 3.05) is 50.9 Å². The number of aromatic nitrogens is 2. The standard InChI is InChI=1S/C29H36N6O/c1-20-24-9-12-33-28(24)8-7-27(20)34-29-25(18-32-19-26(29)30)22-3-5-23(6-4-22)36-16-13-31-17-21-10-14-35(2)15-11-21/h3-9,12,18-19,21,31,33H,10-11,13-17,30H2,1-2H3,(H,32,34). The van der Waals surface area contributed by atoms with Crippen LogP contribution in [0.5, 0.6) is 5.75 Å². The van der Waals surface area contributed by atoms with E-state index in [1.165, 1.54) is 36.9 Å². The maximum absolute atomic E-state index is 6.37. The fraction of sp³-hybridized carbons (Fsp3) is 0.345. The van der Waals surface area contributed by atoms with Crippen LogP contribution in [0.2, 0.25) is 0 Å². The first-order chi connectivity index (χ1) is 17.6. The lowest BCUT2D eigenvalue weighted by Crippen LogP contribution is -2.35. The highest BCUT2D eigenvalue weighted by molar-refractivity contribution is 5.93. The Morgan fingerprint density at radius 1 is 1.08 bits per heavy atom. The fourth-order valence-electron chi connectivity index (χ4n) is 4.93. The number of piperidine rings is 1. The normalized spacial score (nSPS) is 14.8. The molecule has 1 aliphatic heterocycles. The van der Waals surface area contributed by atoms with Crippen molar-refractivity contribution in [3.8, 4) is 16.9 Å². The number of H-pyrrole nitrogens is 1. The Morgan fingerprint density at radius 3 is 2.69 bits per heavy atom. The molecule has 2 aromatic heterocycles. The Kier molecular flexibility index (Phi) is 7.39. The van der Waals surface area contributed by atoms with Crippen molar-refractivity contribution < 1.29 is 4.74 Å². The van der Waals surface area contributed by atoms with Gasteiger partial charge in [-0.1, -0.05) is 12.1 Å². The summed E-state index contributed by atoms with van der Waals surface area (Å²) >= 11 is 0. The SMILES string of the molecule is Cc1c(Nc2c(N)cncc2-c2ccc(OCCNCC3CCN(C)CC3)cc2)ccc2[nH]ccc12. The number of nitrogen functional groups attached to an aromatic ring is 1. The monoisotopic (exact) mass is 484 g/mol. The van der Waals surface area contributed by atoms with Gasteiger partial charge in [0.1, 0.15) is 12.4 Å². The van der Waals surface area contributed by atoms with Gasteiger partial charge in [0.2, 0.25) is 0 Å². The highest BCUT2D eigenvalue weighted by Gasteiger charge is 2.16. The van der Waals surface area contributed by atoms with Gasteiger partial charge >= 0.3 is 0 Å². The van der Waals surface area contributed by atoms with E-state index in [4.69, 9.17) is 10.5 Å². The fourth-order valence-corrected chi connectivity index (χ4v) is 4.93. The van der Waals surface area contributed by atoms with Crippen molar-refractivity contribution >= 4 is 28.0 Å². The number of aromatic amines is 1. The van der Waals surface area contributed by atoms with Crippen LogP contribution in [0.25, 0.3) is 22.0 Å². The Hall–Kier alpha value is -3.55. The first kappa shape index (κ1) is 24.2. The highest BCUT2D eigenvalue weighted by Crippen LogP contribution is 2.36. The Balaban J connectivity index is 1.21. The van der Waals surface area contributed by atoms with Gasteiger partial charge in [-0.3, -0.25) is 4.98 Å². The molecule has 1 aliphatic rings. The summed E-state index contributed by atoms with van der Waals surface area (Å²) in [6, 6.07) is 14.4. The summed E-state index contributed by atoms with van der Waals surface area (Å²) in [7, 11) is 2.20. The number of nitrogens with two attached hydrogens (primary N) is 1. The minimum atomic E-state index is 0.608. The molecule has 188 valence electrons. The van der Waals surface area contributed by atoms with Crippen molar-refractivity contribution in [1.29, 1.82) is 0 Å². The Labute approximate surface area is 213 Å². The van der Waals surface area contributed by atoms with Gasteiger partial charge in [0, 0.05) is 41.1 Å². The number of likely N-dealkylation sites (tertiary alicyclic amines) is 1. The summed E-state index contributed by atoms with van der Waals surface area (Å²) in [4.78, 5) is 10.0. The lowest BCUT2D eigenvalue weighted by Gasteiger charge is -2.29. The molecule has 0 bridgehead atoms. The first-order valence-corrected chi connectivity index (χ1v) is 12.8. The van der Waals surface area contributed by atoms with E-state index in [1.54, 1.807) is 6.20 Å². The molecule has 2 aromatic carbocycles. The molecule has 0 radical (unpaired) electrons. The molecule has 0 amide bonds. The molecule has 4 aromatic rings. The number of fused-ring (bicyclic) bond motifs is 1. The molecule has 0 atom stereocenters. The van der Waals surface area contributed by atoms with Crippen LogP contribution in [0.15, 0.2) is 61.1 Å². The molecule has 0 spiro atoms. The zero-order valence-corrected chi connectivity index (χ0v) is 21.2. The summed E-state index contributed by atoms with van der Waals surface area (Å²) in [6.45, 7) is 7.11. The molecule has 0 aliphatic carbocycles. The van der Waals surface area contributed by atoms with Crippen molar-refractivity contribution in [1.82, 2.24) is 20.2 Å². The average molecular weight is 485 g/mol. The van der Waals surface area contributed by atoms with Crippen LogP contribution in [-0.4, -0.2) is 54.7 Å². The number of aryl methyl sites for hydroxylation is 1. The molecule has 0 saturated carbocycles. The number of nitrogens with zero attached hydrogens (tertiary/aromatic N) is 2. The summed E-state index contributed by atoms with van der Waals surface area (Å²) < 4.78 is 5.97. The van der Waals surface area contributed by atoms with E-state index in [0.29, 0.717) is 12.3 Å². The number of benzene rings is 2. The van der Waals surface area contributed by atoms with Gasteiger partial charge < -0.3 is 31.0 Å². The molecule has 5 rings (SSSR count). The van der Waals surface area contributed by atoms with Gasteiger partial charge in [-0.15, -0.1) is 0 Å². The number of nitrogens with one attached hydrogen (secondary N) is 3. The average Bonchev–Trinajstić information content (AvgIpc) is 3.38. The molecular weight excluding hydrogens is 448 g/mol. The summed E-state index contributed by atoms with van der Waals surface area (Å²) in [6.07, 6.45) is 8.06. The van der Waals surface area contributed by atoms with E-state index >= 15 is 0 Å². The third-order valence-corrected chi connectivity index (χ3v) is 7.22. The van der Waals surface area contributed by atoms with Crippen LogP contribution in [0.1, 0.15) is 18.4 Å². The number of rotatable bonds is 9. The van der Waals surface area contributed by atoms with Gasteiger partial charge in [-0.2, -0.15) is 0 Å². The number of ether oxygens (including phenoxy) is 1. The van der Waals surface area contributed by atoms with E-state index in [-0.39, 0.29) is 0 Å². The van der Waals surface area contributed by atoms with Crippen molar-refractivity contribution in [3.63, 3.8) is 0 Å². The topological polar surface area (TPSA) is 91.2 Å². The second-order valence-electron chi connectivity index (χ2n) is 9.78. The van der Waals surface area contributed by atoms with E-state index in [1.807, 2.05) is 24.5 Å². The smallest absolute Gasteiger partial charge is 0.119 e. The van der Waals surface area contributed by atoms with Gasteiger partial charge in [-0.25, -0.2) is 0 Å². The van der Waals surface area contributed by atoms with E-state index in [2.05, 4.69) is 69.8 Å². The lowest BCUT2D eigenvalue weighted by atomic mass is 9.97. The molecule has 5 N–H and O–H groups in total. The number of hydrogen-bond donors (Lipinski definition) is 4. The number of anilines is 3. The van der Waals surface area contributed by atoms with Crippen LogP contribution in [0.4, 0.5) is 17.1 Å². The van der Waals surface area contributed by atoms with E-state index in [9.17, 15) is 0 Å². The van der Waals surface area contributed by atoms with Gasteiger partial charge in [-0.05, 0) is 93.8 Å². The summed E-state index contributed by atoms with van der Waals surface area (Å²) in [5.74, 6) is 1.64. The highest BCUT2D eigenvalue weighted by atomic mass is 16.5. The van der Waals surface area contributed by atoms with Crippen molar-refractivity contribution in [2.45, 2.75) is 19.8 Å². The second kappa shape index (κ2) is 11.0. The number of hydrogen-bond acceptors (Lipinski definition) is 6. The summed E-state index contributed by atoms with van der Waals surface area (Å²) in [5, 5.41) is 8.30. The molecule has 1 fully saturated rings. The molecule has 7 nitrogen and oxygen atoms in total. The lowest BCUT2D eigenvalue weighted by molar-refractivity contribution is 0.213. The Bertz CT molecular complexity index is 1290. The largest absolute Gasteiger partial charge is 0.492 e. The van der Waals surface area contributed by atoms with E-state index in [0.717, 1.165) is 52.8 Å². The third-order valence-electron chi connectivity index (χ3n) is 7.22. The molecular formula is C29H36N6O. The van der Waals surface area contributed by atoms with E-state index < -0.39 is 0 Å². The second-order valence-corrected chi connectivity index (χ2v) is 9.78. The predicted molar refractivity (Wildman–Crippen MR) is 149 cm³/mol. The molecule has 0 unspecified atom stereocenters. The van der Waals surface area contributed by atoms with Crippen molar-refractivity contribution in [3.05, 3.63) is 66.6 Å². The van der Waals surface area contributed by atoms with Crippen LogP contribution < -0.4 is 21.1 Å². The zero-order valence-electron chi connectivity index (χ0n) is 21.2. The van der Waals surface area contributed by atoms with Gasteiger partial charge in [0.05, 0.1) is 17.6 Å². The van der Waals surface area contributed by atoms with Crippen LogP contribution in [0, 0.1) is 12.8 Å². The molecule has 3 heterocycles. The Morgan fingerprint density at radius 2 is 1.89 bits per heavy atom. The minimum absolute atomic E-state index is 0.608. The quantitative estimate of drug-likeness (QED) is 0.245. The van der Waals surface area contributed by atoms with Crippen LogP contribution in [-0.2, 0) is 0 Å². The maximum atomic E-state index is 6.37. The first-order valence-electron chi connectivity index (χ1n) is 12.8. The van der Waals surface area contributed by atoms with Gasteiger partial charge in [0.25, 0.3) is 0 Å². The predicted octanol–water partition coefficient (Wildman–Crippen LogP) is 5.17. The third kappa shape index (κ3) is 5.48. The minimum Gasteiger partial charge on any atom is -0.492 e. The van der Waals surface area contributed by atoms with Crippen LogP contribution >= 0.6 is 0 Å². The molecule has 36 heavy (non-hydrogen) atoms. The zero-order chi connectivity index (χ0) is 24.9. The molecule has 7 heteroatoms.